The minimum absolute atomic E-state index is 0.318. The maximum absolute atomic E-state index is 11.6. The standard InChI is InChI=1S/C17H25ClO2/c1-6-13(8-9-14(19)7-2)16-12(4)17(18)11(3)10-15(16)20-5/h10,13H,6-9H2,1-5H3. The second kappa shape index (κ2) is 7.68. The molecular weight excluding hydrogens is 272 g/mol. The molecule has 0 saturated heterocycles. The van der Waals surface area contributed by atoms with Gasteiger partial charge in [0.1, 0.15) is 11.5 Å². The Labute approximate surface area is 127 Å². The van der Waals surface area contributed by atoms with Gasteiger partial charge in [-0.3, -0.25) is 4.79 Å². The van der Waals surface area contributed by atoms with E-state index in [0.29, 0.717) is 24.5 Å². The number of halogens is 1. The molecule has 0 amide bonds. The molecule has 0 radical (unpaired) electrons. The molecule has 1 aromatic rings. The number of carbonyl (C=O) groups excluding carboxylic acids is 1. The molecule has 20 heavy (non-hydrogen) atoms. The van der Waals surface area contributed by atoms with Crippen LogP contribution in [0.15, 0.2) is 6.07 Å². The zero-order valence-electron chi connectivity index (χ0n) is 13.2. The fourth-order valence-corrected chi connectivity index (χ4v) is 2.83. The van der Waals surface area contributed by atoms with Gasteiger partial charge in [0.05, 0.1) is 7.11 Å². The lowest BCUT2D eigenvalue weighted by atomic mass is 9.86. The van der Waals surface area contributed by atoms with Gasteiger partial charge in [-0.05, 0) is 49.8 Å². The van der Waals surface area contributed by atoms with Crippen LogP contribution in [0.4, 0.5) is 0 Å². The molecule has 1 aromatic carbocycles. The molecule has 2 nitrogen and oxygen atoms in total. The Morgan fingerprint density at radius 3 is 2.50 bits per heavy atom. The highest BCUT2D eigenvalue weighted by atomic mass is 35.5. The largest absolute Gasteiger partial charge is 0.496 e. The molecule has 0 fully saturated rings. The Bertz CT molecular complexity index is 480. The topological polar surface area (TPSA) is 26.3 Å². The molecule has 112 valence electrons. The van der Waals surface area contributed by atoms with Gasteiger partial charge in [0.15, 0.2) is 0 Å². The van der Waals surface area contributed by atoms with Gasteiger partial charge in [-0.1, -0.05) is 25.4 Å². The fraction of sp³-hybridized carbons (Fsp3) is 0.588. The predicted molar refractivity (Wildman–Crippen MR) is 85.0 cm³/mol. The van der Waals surface area contributed by atoms with Crippen LogP contribution in [0.2, 0.25) is 5.02 Å². The van der Waals surface area contributed by atoms with Crippen molar-refractivity contribution in [2.24, 2.45) is 0 Å². The Morgan fingerprint density at radius 1 is 1.35 bits per heavy atom. The second-order valence-electron chi connectivity index (χ2n) is 5.28. The van der Waals surface area contributed by atoms with Gasteiger partial charge in [-0.25, -0.2) is 0 Å². The van der Waals surface area contributed by atoms with Crippen molar-refractivity contribution >= 4 is 17.4 Å². The maximum atomic E-state index is 11.6. The summed E-state index contributed by atoms with van der Waals surface area (Å²) >= 11 is 6.38. The first-order chi connectivity index (χ1) is 9.46. The molecule has 0 aromatic heterocycles. The Kier molecular flexibility index (Phi) is 6.54. The summed E-state index contributed by atoms with van der Waals surface area (Å²) in [5.74, 6) is 1.53. The third-order valence-corrected chi connectivity index (χ3v) is 4.56. The van der Waals surface area contributed by atoms with Gasteiger partial charge in [0, 0.05) is 23.4 Å². The lowest BCUT2D eigenvalue weighted by Crippen LogP contribution is -2.07. The van der Waals surface area contributed by atoms with Crippen LogP contribution >= 0.6 is 11.6 Å². The molecule has 0 N–H and O–H groups in total. The van der Waals surface area contributed by atoms with Gasteiger partial charge in [0.25, 0.3) is 0 Å². The monoisotopic (exact) mass is 296 g/mol. The summed E-state index contributed by atoms with van der Waals surface area (Å²) in [6.45, 7) is 8.09. The lowest BCUT2D eigenvalue weighted by Gasteiger charge is -2.22. The lowest BCUT2D eigenvalue weighted by molar-refractivity contribution is -0.118. The first-order valence-corrected chi connectivity index (χ1v) is 7.69. The number of hydrogen-bond acceptors (Lipinski definition) is 2. The zero-order valence-corrected chi connectivity index (χ0v) is 13.9. The van der Waals surface area contributed by atoms with E-state index < -0.39 is 0 Å². The average molecular weight is 297 g/mol. The summed E-state index contributed by atoms with van der Waals surface area (Å²) in [5, 5.41) is 0.807. The molecule has 3 heteroatoms. The van der Waals surface area contributed by atoms with Crippen molar-refractivity contribution in [2.75, 3.05) is 7.11 Å². The van der Waals surface area contributed by atoms with Crippen LogP contribution in [-0.4, -0.2) is 12.9 Å². The van der Waals surface area contributed by atoms with Crippen LogP contribution in [0, 0.1) is 13.8 Å². The first-order valence-electron chi connectivity index (χ1n) is 7.31. The molecule has 0 heterocycles. The summed E-state index contributed by atoms with van der Waals surface area (Å²) < 4.78 is 5.53. The summed E-state index contributed by atoms with van der Waals surface area (Å²) in [4.78, 5) is 11.6. The summed E-state index contributed by atoms with van der Waals surface area (Å²) in [6, 6.07) is 2.00. The molecule has 0 spiro atoms. The third-order valence-electron chi connectivity index (χ3n) is 3.98. The molecule has 1 atom stereocenters. The number of ether oxygens (including phenoxy) is 1. The van der Waals surface area contributed by atoms with Crippen LogP contribution < -0.4 is 4.74 Å². The molecule has 0 aliphatic heterocycles. The molecule has 0 saturated carbocycles. The normalized spacial score (nSPS) is 12.3. The van der Waals surface area contributed by atoms with E-state index in [1.54, 1.807) is 7.11 Å². The van der Waals surface area contributed by atoms with Gasteiger partial charge in [-0.2, -0.15) is 0 Å². The van der Waals surface area contributed by atoms with Crippen molar-refractivity contribution in [1.29, 1.82) is 0 Å². The molecule has 0 bridgehead atoms. The van der Waals surface area contributed by atoms with Gasteiger partial charge >= 0.3 is 0 Å². The molecule has 0 aliphatic carbocycles. The van der Waals surface area contributed by atoms with Gasteiger partial charge in [0.2, 0.25) is 0 Å². The fourth-order valence-electron chi connectivity index (χ4n) is 2.68. The molecule has 1 rings (SSSR count). The van der Waals surface area contributed by atoms with E-state index in [1.165, 1.54) is 0 Å². The van der Waals surface area contributed by atoms with Gasteiger partial charge in [-0.15, -0.1) is 0 Å². The molecule has 0 aliphatic rings. The zero-order chi connectivity index (χ0) is 15.3. The maximum Gasteiger partial charge on any atom is 0.132 e. The first kappa shape index (κ1) is 17.0. The quantitative estimate of drug-likeness (QED) is 0.689. The van der Waals surface area contributed by atoms with Crippen LogP contribution in [0.1, 0.15) is 62.1 Å². The third kappa shape index (κ3) is 3.76. The number of carbonyl (C=O) groups is 1. The van der Waals surface area contributed by atoms with E-state index >= 15 is 0 Å². The number of Topliss-reactive ketones (excluding diaryl/α,β-unsaturated/α-hetero) is 1. The Morgan fingerprint density at radius 2 is 2.00 bits per heavy atom. The minimum atomic E-state index is 0.318. The van der Waals surface area contributed by atoms with Crippen molar-refractivity contribution in [2.45, 2.75) is 59.3 Å². The number of aryl methyl sites for hydroxylation is 1. The second-order valence-corrected chi connectivity index (χ2v) is 5.66. The van der Waals surface area contributed by atoms with Gasteiger partial charge < -0.3 is 4.74 Å². The SMILES string of the molecule is CCC(=O)CCC(CC)c1c(OC)cc(C)c(Cl)c1C. The summed E-state index contributed by atoms with van der Waals surface area (Å²) in [5.41, 5.74) is 3.28. The van der Waals surface area contributed by atoms with Crippen molar-refractivity contribution < 1.29 is 9.53 Å². The average Bonchev–Trinajstić information content (AvgIpc) is 2.46. The van der Waals surface area contributed by atoms with Crippen molar-refractivity contribution in [3.63, 3.8) is 0 Å². The van der Waals surface area contributed by atoms with Crippen molar-refractivity contribution in [3.05, 3.63) is 27.8 Å². The summed E-state index contributed by atoms with van der Waals surface area (Å²) in [6.07, 6.45) is 3.08. The van der Waals surface area contributed by atoms with E-state index in [2.05, 4.69) is 6.92 Å². The number of methoxy groups -OCH3 is 1. The summed E-state index contributed by atoms with van der Waals surface area (Å²) in [7, 11) is 1.69. The minimum Gasteiger partial charge on any atom is -0.496 e. The highest BCUT2D eigenvalue weighted by Gasteiger charge is 2.20. The highest BCUT2D eigenvalue weighted by molar-refractivity contribution is 6.32. The molecule has 1 unspecified atom stereocenters. The van der Waals surface area contributed by atoms with Crippen LogP contribution in [0.25, 0.3) is 0 Å². The highest BCUT2D eigenvalue weighted by Crippen LogP contribution is 2.39. The van der Waals surface area contributed by atoms with Crippen LogP contribution in [-0.2, 0) is 4.79 Å². The molecular formula is C17H25ClO2. The van der Waals surface area contributed by atoms with Crippen LogP contribution in [0.5, 0.6) is 5.75 Å². The van der Waals surface area contributed by atoms with Crippen molar-refractivity contribution in [1.82, 2.24) is 0 Å². The Hall–Kier alpha value is -1.02. The number of rotatable bonds is 7. The number of ketones is 1. The van der Waals surface area contributed by atoms with E-state index in [4.69, 9.17) is 16.3 Å². The van der Waals surface area contributed by atoms with E-state index in [0.717, 1.165) is 40.3 Å². The Balaban J connectivity index is 3.13. The van der Waals surface area contributed by atoms with Crippen LogP contribution in [0.3, 0.4) is 0 Å². The smallest absolute Gasteiger partial charge is 0.132 e. The van der Waals surface area contributed by atoms with Crippen molar-refractivity contribution in [3.8, 4) is 5.75 Å². The van der Waals surface area contributed by atoms with E-state index in [-0.39, 0.29) is 0 Å². The number of hydrogen-bond donors (Lipinski definition) is 0. The predicted octanol–water partition coefficient (Wildman–Crippen LogP) is 5.22. The van der Waals surface area contributed by atoms with E-state index in [1.807, 2.05) is 26.8 Å². The van der Waals surface area contributed by atoms with E-state index in [9.17, 15) is 4.79 Å². The number of benzene rings is 1.